The fourth-order valence-corrected chi connectivity index (χ4v) is 5.94. The van der Waals surface area contributed by atoms with Crippen molar-refractivity contribution < 1.29 is 13.2 Å². The maximum atomic E-state index is 13.6. The lowest BCUT2D eigenvalue weighted by Gasteiger charge is -2.20. The van der Waals surface area contributed by atoms with Gasteiger partial charge in [-0.1, -0.05) is 42.3 Å². The molecule has 0 saturated heterocycles. The molecule has 2 aromatic heterocycles. The predicted octanol–water partition coefficient (Wildman–Crippen LogP) is 5.61. The number of unbranched alkanes of at least 4 members (excludes halogenated alkanes) is 1. The number of carbonyl (C=O) groups excluding carboxylic acids is 1. The molecule has 10 heteroatoms. The van der Waals surface area contributed by atoms with Crippen molar-refractivity contribution in [2.45, 2.75) is 31.2 Å². The summed E-state index contributed by atoms with van der Waals surface area (Å²) in [6.45, 7) is 2.67. The van der Waals surface area contributed by atoms with Crippen LogP contribution in [0.4, 0.5) is 5.13 Å². The zero-order valence-corrected chi connectivity index (χ0v) is 21.8. The summed E-state index contributed by atoms with van der Waals surface area (Å²) >= 11 is 7.49. The fraction of sp³-hybridized carbons (Fsp3) is 0.240. The van der Waals surface area contributed by atoms with E-state index in [1.54, 1.807) is 36.3 Å². The highest BCUT2D eigenvalue weighted by Gasteiger charge is 2.24. The smallest absolute Gasteiger partial charge is 0.260 e. The molecule has 4 rings (SSSR count). The van der Waals surface area contributed by atoms with Gasteiger partial charge in [0.2, 0.25) is 10.0 Å². The van der Waals surface area contributed by atoms with Crippen LogP contribution in [-0.2, 0) is 16.6 Å². The van der Waals surface area contributed by atoms with Gasteiger partial charge < -0.3 is 0 Å². The molecule has 0 saturated carbocycles. The molecule has 0 N–H and O–H groups in total. The van der Waals surface area contributed by atoms with Crippen LogP contribution in [0.1, 0.15) is 35.8 Å². The summed E-state index contributed by atoms with van der Waals surface area (Å²) in [6.07, 6.45) is 3.35. The first kappa shape index (κ1) is 25.2. The highest BCUT2D eigenvalue weighted by molar-refractivity contribution is 7.89. The molecule has 0 aliphatic carbocycles. The Hall–Kier alpha value is -2.85. The van der Waals surface area contributed by atoms with Crippen LogP contribution < -0.4 is 4.90 Å². The van der Waals surface area contributed by atoms with E-state index in [1.807, 2.05) is 37.3 Å². The number of aromatic nitrogens is 2. The van der Waals surface area contributed by atoms with E-state index in [0.717, 1.165) is 23.1 Å². The number of amides is 1. The molecule has 0 aliphatic heterocycles. The van der Waals surface area contributed by atoms with Crippen LogP contribution in [0.3, 0.4) is 0 Å². The summed E-state index contributed by atoms with van der Waals surface area (Å²) in [5.41, 5.74) is 1.80. The van der Waals surface area contributed by atoms with Gasteiger partial charge in [-0.2, -0.15) is 0 Å². The number of rotatable bonds is 9. The minimum atomic E-state index is -3.62. The van der Waals surface area contributed by atoms with Crippen molar-refractivity contribution in [1.82, 2.24) is 14.3 Å². The maximum Gasteiger partial charge on any atom is 0.260 e. The second-order valence-electron chi connectivity index (χ2n) is 8.03. The molecule has 0 fully saturated rings. The van der Waals surface area contributed by atoms with Gasteiger partial charge >= 0.3 is 0 Å². The molecular formula is C25H25ClN4O3S2. The number of fused-ring (bicyclic) bond motifs is 1. The number of thiazole rings is 1. The van der Waals surface area contributed by atoms with Gasteiger partial charge in [0.05, 0.1) is 27.4 Å². The van der Waals surface area contributed by atoms with Gasteiger partial charge in [-0.3, -0.25) is 14.7 Å². The molecule has 35 heavy (non-hydrogen) atoms. The van der Waals surface area contributed by atoms with Crippen LogP contribution in [0.5, 0.6) is 0 Å². The number of pyridine rings is 1. The third kappa shape index (κ3) is 5.70. The largest absolute Gasteiger partial charge is 0.278 e. The van der Waals surface area contributed by atoms with Crippen LogP contribution in [0.25, 0.3) is 10.2 Å². The molecule has 4 aromatic rings. The number of hydrogen-bond donors (Lipinski definition) is 0. The van der Waals surface area contributed by atoms with Crippen molar-refractivity contribution in [2.24, 2.45) is 0 Å². The minimum Gasteiger partial charge on any atom is -0.278 e. The highest BCUT2D eigenvalue weighted by Crippen LogP contribution is 2.32. The van der Waals surface area contributed by atoms with Crippen molar-refractivity contribution in [1.29, 1.82) is 0 Å². The molecule has 182 valence electrons. The Bertz CT molecular complexity index is 1420. The molecule has 2 heterocycles. The Morgan fingerprint density at radius 3 is 2.54 bits per heavy atom. The maximum absolute atomic E-state index is 13.6. The first-order chi connectivity index (χ1) is 16.8. The highest BCUT2D eigenvalue weighted by atomic mass is 35.5. The van der Waals surface area contributed by atoms with Crippen molar-refractivity contribution in [2.75, 3.05) is 18.5 Å². The predicted molar refractivity (Wildman–Crippen MR) is 141 cm³/mol. The summed E-state index contributed by atoms with van der Waals surface area (Å²) in [5.74, 6) is -0.302. The number of nitrogens with zero attached hydrogens (tertiary/aromatic N) is 4. The second kappa shape index (κ2) is 10.8. The van der Waals surface area contributed by atoms with E-state index in [2.05, 4.69) is 9.97 Å². The Morgan fingerprint density at radius 1 is 1.09 bits per heavy atom. The van der Waals surface area contributed by atoms with E-state index >= 15 is 0 Å². The average Bonchev–Trinajstić information content (AvgIpc) is 3.29. The molecule has 0 bridgehead atoms. The molecule has 2 aromatic carbocycles. The van der Waals surface area contributed by atoms with E-state index in [-0.39, 0.29) is 17.3 Å². The Morgan fingerprint density at radius 2 is 1.86 bits per heavy atom. The third-order valence-electron chi connectivity index (χ3n) is 5.50. The molecular weight excluding hydrogens is 504 g/mol. The summed E-state index contributed by atoms with van der Waals surface area (Å²) in [6, 6.07) is 16.9. The number of halogens is 1. The minimum absolute atomic E-state index is 0.151. The summed E-state index contributed by atoms with van der Waals surface area (Å²) in [7, 11) is -2.05. The van der Waals surface area contributed by atoms with Crippen molar-refractivity contribution >= 4 is 54.2 Å². The zero-order chi connectivity index (χ0) is 25.0. The van der Waals surface area contributed by atoms with Crippen molar-refractivity contribution in [3.8, 4) is 0 Å². The first-order valence-electron chi connectivity index (χ1n) is 11.1. The van der Waals surface area contributed by atoms with Crippen LogP contribution in [0.15, 0.2) is 71.8 Å². The van der Waals surface area contributed by atoms with Gasteiger partial charge in [-0.25, -0.2) is 17.7 Å². The topological polar surface area (TPSA) is 83.5 Å². The molecule has 0 aliphatic rings. The van der Waals surface area contributed by atoms with E-state index in [1.165, 1.54) is 27.8 Å². The van der Waals surface area contributed by atoms with Gasteiger partial charge in [0, 0.05) is 30.4 Å². The van der Waals surface area contributed by atoms with E-state index in [9.17, 15) is 13.2 Å². The lowest BCUT2D eigenvalue weighted by atomic mass is 10.2. The molecule has 1 amide bonds. The van der Waals surface area contributed by atoms with Gasteiger partial charge in [-0.05, 0) is 61.0 Å². The summed E-state index contributed by atoms with van der Waals surface area (Å²) in [4.78, 5) is 24.3. The van der Waals surface area contributed by atoms with Gasteiger partial charge in [-0.15, -0.1) is 0 Å². The monoisotopic (exact) mass is 528 g/mol. The fourth-order valence-electron chi connectivity index (χ4n) is 3.49. The van der Waals surface area contributed by atoms with Crippen LogP contribution in [0, 0.1) is 0 Å². The average molecular weight is 529 g/mol. The standard InChI is InChI=1S/C25H25ClN4O3S2/c1-3-4-15-29(2)35(32,33)21-11-8-18(9-12-21)24(31)30(17-20-7-5-6-14-27-20)25-28-22-13-10-19(26)16-23(22)34-25/h5-14,16H,3-4,15,17H2,1-2H3. The normalized spacial score (nSPS) is 11.8. The Balaban J connectivity index is 1.66. The number of carbonyl (C=O) groups is 1. The summed E-state index contributed by atoms with van der Waals surface area (Å²) < 4.78 is 27.9. The first-order valence-corrected chi connectivity index (χ1v) is 13.8. The second-order valence-corrected chi connectivity index (χ2v) is 11.5. The lowest BCUT2D eigenvalue weighted by molar-refractivity contribution is 0.0984. The number of hydrogen-bond acceptors (Lipinski definition) is 6. The lowest BCUT2D eigenvalue weighted by Crippen LogP contribution is -2.31. The SMILES string of the molecule is CCCCN(C)S(=O)(=O)c1ccc(C(=O)N(Cc2ccccn2)c2nc3ccc(Cl)cc3s2)cc1. The zero-order valence-electron chi connectivity index (χ0n) is 19.4. The Kier molecular flexibility index (Phi) is 7.81. The summed E-state index contributed by atoms with van der Waals surface area (Å²) in [5, 5.41) is 1.10. The van der Waals surface area contributed by atoms with Crippen molar-refractivity contribution in [3.63, 3.8) is 0 Å². The van der Waals surface area contributed by atoms with E-state index < -0.39 is 10.0 Å². The van der Waals surface area contributed by atoms with Gasteiger partial charge in [0.15, 0.2) is 5.13 Å². The van der Waals surface area contributed by atoms with Crippen LogP contribution in [0.2, 0.25) is 5.02 Å². The van der Waals surface area contributed by atoms with E-state index in [4.69, 9.17) is 11.6 Å². The molecule has 7 nitrogen and oxygen atoms in total. The van der Waals surface area contributed by atoms with Crippen molar-refractivity contribution in [3.05, 3.63) is 83.1 Å². The van der Waals surface area contributed by atoms with Gasteiger partial charge in [0.25, 0.3) is 5.91 Å². The number of anilines is 1. The third-order valence-corrected chi connectivity index (χ3v) is 8.64. The molecule has 0 spiro atoms. The number of benzene rings is 2. The molecule has 0 unspecified atom stereocenters. The number of sulfonamides is 1. The van der Waals surface area contributed by atoms with E-state index in [0.29, 0.717) is 28.0 Å². The molecule has 0 radical (unpaired) electrons. The van der Waals surface area contributed by atoms with Crippen LogP contribution in [-0.4, -0.2) is 42.2 Å². The quantitative estimate of drug-likeness (QED) is 0.282. The van der Waals surface area contributed by atoms with Crippen LogP contribution >= 0.6 is 22.9 Å². The Labute approximate surface area is 214 Å². The van der Waals surface area contributed by atoms with Gasteiger partial charge in [0.1, 0.15) is 0 Å². The molecule has 0 atom stereocenters.